The number of esters is 1. The van der Waals surface area contributed by atoms with Crippen LogP contribution in [0.2, 0.25) is 0 Å². The molecule has 0 spiro atoms. The quantitative estimate of drug-likeness (QED) is 0.349. The highest BCUT2D eigenvalue weighted by Gasteiger charge is 2.20. The van der Waals surface area contributed by atoms with Crippen molar-refractivity contribution in [1.82, 2.24) is 10.2 Å². The summed E-state index contributed by atoms with van der Waals surface area (Å²) in [6, 6.07) is 7.26. The number of benzene rings is 1. The molecule has 1 aliphatic rings. The van der Waals surface area contributed by atoms with E-state index in [4.69, 9.17) is 0 Å². The van der Waals surface area contributed by atoms with Gasteiger partial charge in [0, 0.05) is 11.7 Å². The molecule has 0 bridgehead atoms. The minimum atomic E-state index is -0.345. The fourth-order valence-corrected chi connectivity index (χ4v) is 4.27. The standard InChI is InChI=1S/C18H19N3O3S2/c1-24-16(23)14-9-7-12(8-10-14)11-25-18-21-20-17(26-18)19-15(22)13-5-3-2-4-6-13/h2-3,7-10,13H,4-6,11H2,1H3,(H,19,20,22)/t13-/m1/s1. The SMILES string of the molecule is COC(=O)c1ccc(CSc2nnc(NC(=O)[C@@H]3CC=CCC3)s2)cc1. The van der Waals surface area contributed by atoms with Gasteiger partial charge < -0.3 is 10.1 Å². The summed E-state index contributed by atoms with van der Waals surface area (Å²) in [6.45, 7) is 0. The molecule has 0 saturated carbocycles. The average molecular weight is 390 g/mol. The molecule has 0 saturated heterocycles. The third-order valence-electron chi connectivity index (χ3n) is 4.01. The van der Waals surface area contributed by atoms with Crippen molar-refractivity contribution in [2.45, 2.75) is 29.4 Å². The highest BCUT2D eigenvalue weighted by Crippen LogP contribution is 2.29. The van der Waals surface area contributed by atoms with Crippen LogP contribution in [-0.4, -0.2) is 29.2 Å². The number of hydrogen-bond donors (Lipinski definition) is 1. The molecule has 1 amide bonds. The number of rotatable bonds is 6. The predicted molar refractivity (Wildman–Crippen MR) is 102 cm³/mol. The van der Waals surface area contributed by atoms with E-state index >= 15 is 0 Å². The van der Waals surface area contributed by atoms with Gasteiger partial charge in [0.25, 0.3) is 0 Å². The zero-order valence-electron chi connectivity index (χ0n) is 14.3. The smallest absolute Gasteiger partial charge is 0.337 e. The Labute approximate surface area is 160 Å². The van der Waals surface area contributed by atoms with Gasteiger partial charge in [-0.15, -0.1) is 10.2 Å². The van der Waals surface area contributed by atoms with Crippen molar-refractivity contribution in [2.75, 3.05) is 12.4 Å². The van der Waals surface area contributed by atoms with E-state index in [1.807, 2.05) is 12.1 Å². The number of anilines is 1. The Balaban J connectivity index is 1.51. The molecule has 26 heavy (non-hydrogen) atoms. The van der Waals surface area contributed by atoms with E-state index in [9.17, 15) is 9.59 Å². The molecule has 6 nitrogen and oxygen atoms in total. The van der Waals surface area contributed by atoms with Crippen LogP contribution in [0.15, 0.2) is 40.8 Å². The lowest BCUT2D eigenvalue weighted by Gasteiger charge is -2.15. The zero-order valence-corrected chi connectivity index (χ0v) is 15.9. The van der Waals surface area contributed by atoms with Crippen LogP contribution in [0.3, 0.4) is 0 Å². The van der Waals surface area contributed by atoms with Gasteiger partial charge in [-0.25, -0.2) is 4.79 Å². The van der Waals surface area contributed by atoms with Gasteiger partial charge in [-0.3, -0.25) is 4.79 Å². The molecule has 0 unspecified atom stereocenters. The summed E-state index contributed by atoms with van der Waals surface area (Å²) in [5, 5.41) is 11.6. The lowest BCUT2D eigenvalue weighted by Crippen LogP contribution is -2.23. The monoisotopic (exact) mass is 389 g/mol. The van der Waals surface area contributed by atoms with E-state index in [-0.39, 0.29) is 17.8 Å². The van der Waals surface area contributed by atoms with E-state index in [0.717, 1.165) is 29.2 Å². The summed E-state index contributed by atoms with van der Waals surface area (Å²) < 4.78 is 5.48. The molecule has 2 aromatic rings. The average Bonchev–Trinajstić information content (AvgIpc) is 3.14. The number of aromatic nitrogens is 2. The molecule has 136 valence electrons. The minimum Gasteiger partial charge on any atom is -0.465 e. The summed E-state index contributed by atoms with van der Waals surface area (Å²) in [6.07, 6.45) is 6.78. The van der Waals surface area contributed by atoms with E-state index in [0.29, 0.717) is 16.4 Å². The van der Waals surface area contributed by atoms with Crippen LogP contribution >= 0.6 is 23.1 Å². The molecule has 0 aliphatic heterocycles. The number of methoxy groups -OCH3 is 1. The molecule has 3 rings (SSSR count). The van der Waals surface area contributed by atoms with Gasteiger partial charge in [0.2, 0.25) is 11.0 Å². The van der Waals surface area contributed by atoms with Crippen LogP contribution in [0.1, 0.15) is 35.2 Å². The first-order valence-corrected chi connectivity index (χ1v) is 10.1. The molecule has 1 aliphatic carbocycles. The molecular formula is C18H19N3O3S2. The summed E-state index contributed by atoms with van der Waals surface area (Å²) in [7, 11) is 1.36. The zero-order chi connectivity index (χ0) is 18.4. The highest BCUT2D eigenvalue weighted by atomic mass is 32.2. The van der Waals surface area contributed by atoms with Crippen LogP contribution < -0.4 is 5.32 Å². The first kappa shape index (κ1) is 18.6. The fraction of sp³-hybridized carbons (Fsp3) is 0.333. The van der Waals surface area contributed by atoms with Gasteiger partial charge in [0.15, 0.2) is 4.34 Å². The fourth-order valence-electron chi connectivity index (χ4n) is 2.56. The molecule has 0 radical (unpaired) electrons. The number of carbonyl (C=O) groups excluding carboxylic acids is 2. The van der Waals surface area contributed by atoms with Gasteiger partial charge in [-0.05, 0) is 37.0 Å². The summed E-state index contributed by atoms with van der Waals surface area (Å²) >= 11 is 2.92. The van der Waals surface area contributed by atoms with Crippen molar-refractivity contribution in [1.29, 1.82) is 0 Å². The van der Waals surface area contributed by atoms with E-state index in [1.165, 1.54) is 18.4 Å². The molecule has 8 heteroatoms. The van der Waals surface area contributed by atoms with Crippen LogP contribution in [0.4, 0.5) is 5.13 Å². The maximum atomic E-state index is 12.2. The lowest BCUT2D eigenvalue weighted by molar-refractivity contribution is -0.120. The maximum Gasteiger partial charge on any atom is 0.337 e. The van der Waals surface area contributed by atoms with E-state index in [1.54, 1.807) is 23.9 Å². The second kappa shape index (κ2) is 8.95. The Bertz CT molecular complexity index is 802. The van der Waals surface area contributed by atoms with Gasteiger partial charge in [-0.1, -0.05) is 47.4 Å². The summed E-state index contributed by atoms with van der Waals surface area (Å²) in [5.74, 6) is 0.396. The van der Waals surface area contributed by atoms with Crippen molar-refractivity contribution < 1.29 is 14.3 Å². The molecule has 1 atom stereocenters. The molecule has 1 heterocycles. The third-order valence-corrected chi connectivity index (χ3v) is 6.06. The molecule has 1 aromatic carbocycles. The number of nitrogens with zero attached hydrogens (tertiary/aromatic N) is 2. The summed E-state index contributed by atoms with van der Waals surface area (Å²) in [4.78, 5) is 23.6. The predicted octanol–water partition coefficient (Wildman–Crippen LogP) is 3.91. The second-order valence-corrected chi connectivity index (χ2v) is 8.02. The van der Waals surface area contributed by atoms with E-state index < -0.39 is 0 Å². The number of carbonyl (C=O) groups is 2. The second-order valence-electron chi connectivity index (χ2n) is 5.82. The molecular weight excluding hydrogens is 370 g/mol. The lowest BCUT2D eigenvalue weighted by atomic mass is 9.94. The van der Waals surface area contributed by atoms with Crippen molar-refractivity contribution in [3.8, 4) is 0 Å². The van der Waals surface area contributed by atoms with Gasteiger partial charge in [0.05, 0.1) is 12.7 Å². The Morgan fingerprint density at radius 3 is 2.77 bits per heavy atom. The van der Waals surface area contributed by atoms with Crippen LogP contribution in [0.5, 0.6) is 0 Å². The maximum absolute atomic E-state index is 12.2. The Hall–Kier alpha value is -2.19. The van der Waals surface area contributed by atoms with Crippen molar-refractivity contribution in [3.63, 3.8) is 0 Å². The number of thioether (sulfide) groups is 1. The Morgan fingerprint density at radius 1 is 1.27 bits per heavy atom. The Kier molecular flexibility index (Phi) is 6.40. The third kappa shape index (κ3) is 4.92. The topological polar surface area (TPSA) is 81.2 Å². The van der Waals surface area contributed by atoms with Crippen LogP contribution in [0.25, 0.3) is 0 Å². The van der Waals surface area contributed by atoms with Crippen molar-refractivity contribution >= 4 is 40.1 Å². The number of ether oxygens (including phenoxy) is 1. The number of hydrogen-bond acceptors (Lipinski definition) is 7. The van der Waals surface area contributed by atoms with Crippen LogP contribution in [-0.2, 0) is 15.3 Å². The number of allylic oxidation sites excluding steroid dienone is 2. The molecule has 0 fully saturated rings. The number of amides is 1. The first-order chi connectivity index (χ1) is 12.7. The Morgan fingerprint density at radius 2 is 2.08 bits per heavy atom. The van der Waals surface area contributed by atoms with Crippen LogP contribution in [0, 0.1) is 5.92 Å². The largest absolute Gasteiger partial charge is 0.465 e. The normalized spacial score (nSPS) is 16.3. The first-order valence-electron chi connectivity index (χ1n) is 8.25. The summed E-state index contributed by atoms with van der Waals surface area (Å²) in [5.41, 5.74) is 1.59. The molecule has 1 aromatic heterocycles. The van der Waals surface area contributed by atoms with E-state index in [2.05, 4.69) is 32.4 Å². The highest BCUT2D eigenvalue weighted by molar-refractivity contribution is 8.00. The minimum absolute atomic E-state index is 0.0143. The van der Waals surface area contributed by atoms with Gasteiger partial charge in [0.1, 0.15) is 0 Å². The van der Waals surface area contributed by atoms with Gasteiger partial charge in [-0.2, -0.15) is 0 Å². The molecule has 1 N–H and O–H groups in total. The van der Waals surface area contributed by atoms with Gasteiger partial charge >= 0.3 is 5.97 Å². The number of nitrogens with one attached hydrogen (secondary N) is 1. The van der Waals surface area contributed by atoms with Crippen molar-refractivity contribution in [3.05, 3.63) is 47.5 Å². The van der Waals surface area contributed by atoms with Crippen molar-refractivity contribution in [2.24, 2.45) is 5.92 Å².